The van der Waals surface area contributed by atoms with E-state index in [-0.39, 0.29) is 0 Å². The van der Waals surface area contributed by atoms with E-state index in [0.29, 0.717) is 21.5 Å². The van der Waals surface area contributed by atoms with Gasteiger partial charge in [-0.2, -0.15) is 0 Å². The number of hydrogen-bond donors (Lipinski definition) is 1. The average Bonchev–Trinajstić information content (AvgIpc) is 2.84. The van der Waals surface area contributed by atoms with Gasteiger partial charge < -0.3 is 0 Å². The average molecular weight is 417 g/mol. The lowest BCUT2D eigenvalue weighted by Crippen LogP contribution is -2.30. The van der Waals surface area contributed by atoms with Crippen molar-refractivity contribution in [3.05, 3.63) is 15.4 Å². The highest BCUT2D eigenvalue weighted by Gasteiger charge is 2.27. The van der Waals surface area contributed by atoms with Gasteiger partial charge in [0.05, 0.1) is 3.79 Å². The summed E-state index contributed by atoms with van der Waals surface area (Å²) in [6.07, 6.45) is 3.40. The van der Waals surface area contributed by atoms with Crippen LogP contribution in [0.4, 0.5) is 0 Å². The summed E-state index contributed by atoms with van der Waals surface area (Å²) in [6, 6.07) is 1.71. The van der Waals surface area contributed by atoms with E-state index in [1.165, 1.54) is 17.8 Å². The van der Waals surface area contributed by atoms with Crippen LogP contribution in [-0.2, 0) is 10.0 Å². The summed E-state index contributed by atoms with van der Waals surface area (Å²) in [4.78, 5) is 0.442. The Kier molecular flexibility index (Phi) is 4.91. The second-order valence-electron chi connectivity index (χ2n) is 4.58. The monoisotopic (exact) mass is 415 g/mol. The van der Waals surface area contributed by atoms with Crippen LogP contribution in [0.25, 0.3) is 0 Å². The third-order valence-electron chi connectivity index (χ3n) is 3.20. The quantitative estimate of drug-likeness (QED) is 0.761. The fourth-order valence-corrected chi connectivity index (χ4v) is 6.21. The maximum atomic E-state index is 12.1. The van der Waals surface area contributed by atoms with Crippen LogP contribution in [0.5, 0.6) is 0 Å². The zero-order valence-corrected chi connectivity index (χ0v) is 14.8. The Bertz CT molecular complexity index is 508. The molecule has 0 bridgehead atoms. The Balaban J connectivity index is 2.03. The molecule has 1 aromatic heterocycles. The van der Waals surface area contributed by atoms with Gasteiger partial charge in [-0.05, 0) is 53.2 Å². The molecular formula is C11H15Br2NO2S2. The molecule has 7 heteroatoms. The zero-order valence-electron chi connectivity index (χ0n) is 9.95. The number of halogens is 2. The van der Waals surface area contributed by atoms with Crippen LogP contribution in [0.15, 0.2) is 14.1 Å². The first-order valence-electron chi connectivity index (χ1n) is 5.80. The van der Waals surface area contributed by atoms with Crippen LogP contribution in [0.1, 0.15) is 24.8 Å². The molecule has 1 aliphatic rings. The molecule has 3 nitrogen and oxygen atoms in total. The van der Waals surface area contributed by atoms with Gasteiger partial charge >= 0.3 is 0 Å². The molecule has 2 rings (SSSR count). The van der Waals surface area contributed by atoms with Gasteiger partial charge in [0, 0.05) is 11.4 Å². The Morgan fingerprint density at radius 1 is 1.50 bits per heavy atom. The number of sulfonamides is 1. The highest BCUT2D eigenvalue weighted by atomic mass is 79.9. The lowest BCUT2D eigenvalue weighted by atomic mass is 10.1. The number of aryl methyl sites for hydroxylation is 1. The first-order valence-corrected chi connectivity index (χ1v) is 9.80. The van der Waals surface area contributed by atoms with Crippen molar-refractivity contribution in [2.24, 2.45) is 5.92 Å². The molecule has 1 heterocycles. The Morgan fingerprint density at radius 2 is 2.22 bits per heavy atom. The molecule has 0 radical (unpaired) electrons. The van der Waals surface area contributed by atoms with Crippen molar-refractivity contribution in [1.29, 1.82) is 0 Å². The number of thiophene rings is 1. The second-order valence-corrected chi connectivity index (χ2v) is 10.1. The van der Waals surface area contributed by atoms with Crippen molar-refractivity contribution in [2.75, 3.05) is 6.54 Å². The smallest absolute Gasteiger partial charge is 0.210 e. The normalized spacial score (nSPS) is 24.6. The molecule has 0 spiro atoms. The summed E-state index contributed by atoms with van der Waals surface area (Å²) in [5.41, 5.74) is 0.958. The summed E-state index contributed by atoms with van der Waals surface area (Å²) >= 11 is 8.22. The minimum atomic E-state index is -3.36. The molecule has 1 aliphatic carbocycles. The first kappa shape index (κ1) is 15.0. The van der Waals surface area contributed by atoms with E-state index in [2.05, 4.69) is 36.6 Å². The maximum absolute atomic E-state index is 12.1. The van der Waals surface area contributed by atoms with Gasteiger partial charge in [0.2, 0.25) is 10.0 Å². The van der Waals surface area contributed by atoms with Crippen LogP contribution in [0.2, 0.25) is 0 Å². The van der Waals surface area contributed by atoms with Crippen molar-refractivity contribution >= 4 is 53.2 Å². The number of hydrogen-bond acceptors (Lipinski definition) is 3. The minimum absolute atomic E-state index is 0.385. The van der Waals surface area contributed by atoms with E-state index in [1.807, 2.05) is 6.92 Å². The maximum Gasteiger partial charge on any atom is 0.250 e. The predicted molar refractivity (Wildman–Crippen MR) is 82.0 cm³/mol. The third kappa shape index (κ3) is 3.36. The molecule has 2 atom stereocenters. The molecular weight excluding hydrogens is 402 g/mol. The summed E-state index contributed by atoms with van der Waals surface area (Å²) in [7, 11) is -3.36. The molecule has 1 aromatic rings. The molecule has 0 aliphatic heterocycles. The Hall–Kier alpha value is 0.570. The van der Waals surface area contributed by atoms with E-state index in [4.69, 9.17) is 0 Å². The molecule has 0 saturated heterocycles. The van der Waals surface area contributed by atoms with Crippen molar-refractivity contribution in [1.82, 2.24) is 4.72 Å². The fraction of sp³-hybridized carbons (Fsp3) is 0.636. The third-order valence-corrected chi connectivity index (χ3v) is 8.44. The topological polar surface area (TPSA) is 46.2 Å². The lowest BCUT2D eigenvalue weighted by molar-refractivity contribution is 0.530. The molecule has 0 aromatic carbocycles. The number of alkyl halides is 1. The largest absolute Gasteiger partial charge is 0.250 e. The second kappa shape index (κ2) is 5.91. The van der Waals surface area contributed by atoms with E-state index in [1.54, 1.807) is 6.07 Å². The van der Waals surface area contributed by atoms with Crippen LogP contribution in [0, 0.1) is 12.8 Å². The first-order chi connectivity index (χ1) is 8.40. The van der Waals surface area contributed by atoms with Crippen molar-refractivity contribution in [3.8, 4) is 0 Å². The van der Waals surface area contributed by atoms with Crippen molar-refractivity contribution in [3.63, 3.8) is 0 Å². The predicted octanol–water partition coefficient (Wildman–Crippen LogP) is 3.66. The standard InChI is InChI=1S/C11H15Br2NO2S2/c1-7-5-10(17-11(7)13)18(15,16)14-6-8-3-2-4-9(8)12/h5,8-9,14H,2-4,6H2,1H3. The summed E-state index contributed by atoms with van der Waals surface area (Å²) in [5.74, 6) is 0.407. The van der Waals surface area contributed by atoms with Crippen LogP contribution < -0.4 is 4.72 Å². The fourth-order valence-electron chi connectivity index (χ4n) is 2.07. The molecule has 2 unspecified atom stereocenters. The van der Waals surface area contributed by atoms with Gasteiger partial charge in [-0.3, -0.25) is 0 Å². The van der Waals surface area contributed by atoms with Crippen LogP contribution in [-0.4, -0.2) is 19.8 Å². The minimum Gasteiger partial charge on any atom is -0.210 e. The molecule has 102 valence electrons. The summed E-state index contributed by atoms with van der Waals surface area (Å²) in [6.45, 7) is 2.41. The van der Waals surface area contributed by atoms with Crippen molar-refractivity contribution < 1.29 is 8.42 Å². The van der Waals surface area contributed by atoms with Crippen LogP contribution in [0.3, 0.4) is 0 Å². The van der Waals surface area contributed by atoms with E-state index in [9.17, 15) is 8.42 Å². The van der Waals surface area contributed by atoms with E-state index >= 15 is 0 Å². The highest BCUT2D eigenvalue weighted by Crippen LogP contribution is 2.33. The number of rotatable bonds is 4. The zero-order chi connectivity index (χ0) is 13.3. The molecule has 1 N–H and O–H groups in total. The van der Waals surface area contributed by atoms with Gasteiger partial charge in [0.15, 0.2) is 0 Å². The van der Waals surface area contributed by atoms with Gasteiger partial charge in [-0.15, -0.1) is 11.3 Å². The summed E-state index contributed by atoms with van der Waals surface area (Å²) < 4.78 is 28.2. The SMILES string of the molecule is Cc1cc(S(=O)(=O)NCC2CCCC2Br)sc1Br. The lowest BCUT2D eigenvalue weighted by Gasteiger charge is -2.14. The summed E-state index contributed by atoms with van der Waals surface area (Å²) in [5, 5.41) is 0. The highest BCUT2D eigenvalue weighted by molar-refractivity contribution is 9.11. The van der Waals surface area contributed by atoms with E-state index in [0.717, 1.165) is 22.2 Å². The molecule has 1 fully saturated rings. The van der Waals surface area contributed by atoms with Gasteiger partial charge in [-0.25, -0.2) is 13.1 Å². The van der Waals surface area contributed by atoms with E-state index < -0.39 is 10.0 Å². The van der Waals surface area contributed by atoms with Crippen molar-refractivity contribution in [2.45, 2.75) is 35.2 Å². The molecule has 0 amide bonds. The Labute approximate surface area is 129 Å². The van der Waals surface area contributed by atoms with Crippen LogP contribution >= 0.6 is 43.2 Å². The molecule has 1 saturated carbocycles. The van der Waals surface area contributed by atoms with Gasteiger partial charge in [0.25, 0.3) is 0 Å². The number of nitrogens with one attached hydrogen (secondary N) is 1. The van der Waals surface area contributed by atoms with Gasteiger partial charge in [-0.1, -0.05) is 22.4 Å². The Morgan fingerprint density at radius 3 is 2.72 bits per heavy atom. The molecule has 18 heavy (non-hydrogen) atoms. The van der Waals surface area contributed by atoms with Gasteiger partial charge in [0.1, 0.15) is 4.21 Å².